The predicted octanol–water partition coefficient (Wildman–Crippen LogP) is 17.3. The zero-order valence-corrected chi connectivity index (χ0v) is 58.5. The van der Waals surface area contributed by atoms with Crippen LogP contribution in [0.4, 0.5) is 0 Å². The molecule has 2 spiro atoms. The second-order valence-corrected chi connectivity index (χ2v) is 34.8. The Bertz CT molecular complexity index is 3070. The number of rotatable bonds is 0. The molecule has 0 amide bonds. The Morgan fingerprint density at radius 2 is 0.578 bits per heavy atom. The highest BCUT2D eigenvalue weighted by Crippen LogP contribution is 2.52. The van der Waals surface area contributed by atoms with E-state index >= 15 is 0 Å². The molecule has 0 N–H and O–H groups in total. The molecular formula is C73H122N10. The second kappa shape index (κ2) is 22.6. The summed E-state index contributed by atoms with van der Waals surface area (Å²) in [7, 11) is 10.5. The number of fused-ring (bicyclic) bond motifs is 7. The molecule has 2 fully saturated rings. The minimum atomic E-state index is 0.172. The van der Waals surface area contributed by atoms with Crippen molar-refractivity contribution in [3.05, 3.63) is 84.8 Å². The molecule has 10 heteroatoms. The van der Waals surface area contributed by atoms with E-state index in [0.717, 1.165) is 0 Å². The van der Waals surface area contributed by atoms with Gasteiger partial charge in [-0.3, -0.25) is 23.4 Å². The van der Waals surface area contributed by atoms with Gasteiger partial charge in [0.2, 0.25) is 0 Å². The van der Waals surface area contributed by atoms with Crippen molar-refractivity contribution in [3.8, 4) is 0 Å². The summed E-state index contributed by atoms with van der Waals surface area (Å²) in [6.45, 7) is 48.3. The molecule has 12 rings (SSSR count). The van der Waals surface area contributed by atoms with Crippen LogP contribution in [-0.4, -0.2) is 48.9 Å². The van der Waals surface area contributed by atoms with E-state index in [1.807, 2.05) is 0 Å². The van der Waals surface area contributed by atoms with Crippen molar-refractivity contribution in [1.29, 1.82) is 0 Å². The minimum absolute atomic E-state index is 0.172. The van der Waals surface area contributed by atoms with Gasteiger partial charge in [-0.1, -0.05) is 184 Å². The van der Waals surface area contributed by atoms with Crippen LogP contribution in [0.25, 0.3) is 0 Å². The molecule has 83 heavy (non-hydrogen) atoms. The van der Waals surface area contributed by atoms with Crippen LogP contribution in [0.3, 0.4) is 0 Å². The van der Waals surface area contributed by atoms with Gasteiger partial charge in [-0.05, 0) is 131 Å². The molecule has 0 aliphatic heterocycles. The van der Waals surface area contributed by atoms with Crippen LogP contribution < -0.4 is 0 Å². The minimum Gasteiger partial charge on any atom is -0.272 e. The van der Waals surface area contributed by atoms with E-state index in [9.17, 15) is 0 Å². The fraction of sp³-hybridized carbons (Fsp3) is 0.795. The van der Waals surface area contributed by atoms with Gasteiger partial charge in [-0.25, -0.2) is 0 Å². The van der Waals surface area contributed by atoms with Gasteiger partial charge in [0.05, 0.1) is 28.5 Å². The van der Waals surface area contributed by atoms with E-state index in [1.54, 1.807) is 11.1 Å². The third-order valence-electron chi connectivity index (χ3n) is 21.0. The Labute approximate surface area is 507 Å². The molecule has 5 aromatic heterocycles. The summed E-state index contributed by atoms with van der Waals surface area (Å²) < 4.78 is 10.7. The first kappa shape index (κ1) is 65.0. The maximum Gasteiger partial charge on any atom is 0.0721 e. The van der Waals surface area contributed by atoms with Crippen molar-refractivity contribution >= 4 is 0 Å². The lowest BCUT2D eigenvalue weighted by molar-refractivity contribution is 0.248. The highest BCUT2D eigenvalue weighted by Gasteiger charge is 2.46. The van der Waals surface area contributed by atoms with Crippen molar-refractivity contribution in [2.75, 3.05) is 0 Å². The lowest BCUT2D eigenvalue weighted by atomic mass is 9.64. The fourth-order valence-corrected chi connectivity index (χ4v) is 17.7. The first-order chi connectivity index (χ1) is 38.1. The van der Waals surface area contributed by atoms with Crippen molar-refractivity contribution in [2.45, 2.75) is 341 Å². The summed E-state index contributed by atoms with van der Waals surface area (Å²) in [5.41, 5.74) is 24.6. The van der Waals surface area contributed by atoms with Gasteiger partial charge in [-0.2, -0.15) is 25.5 Å². The van der Waals surface area contributed by atoms with Gasteiger partial charge in [0.25, 0.3) is 0 Å². The van der Waals surface area contributed by atoms with E-state index in [2.05, 4.69) is 204 Å². The van der Waals surface area contributed by atoms with Crippen LogP contribution in [0.5, 0.6) is 0 Å². The lowest BCUT2D eigenvalue weighted by Gasteiger charge is -2.40. The smallest absolute Gasteiger partial charge is 0.0721 e. The van der Waals surface area contributed by atoms with Gasteiger partial charge in [0.15, 0.2) is 0 Å². The van der Waals surface area contributed by atoms with Gasteiger partial charge in [0, 0.05) is 118 Å². The molecule has 7 aliphatic rings. The first-order valence-electron chi connectivity index (χ1n) is 33.4. The molecule has 0 saturated heterocycles. The van der Waals surface area contributed by atoms with Crippen LogP contribution in [0.1, 0.15) is 339 Å². The van der Waals surface area contributed by atoms with E-state index in [4.69, 9.17) is 25.5 Å². The maximum absolute atomic E-state index is 5.01. The average molecular weight is 1140 g/mol. The van der Waals surface area contributed by atoms with Gasteiger partial charge >= 0.3 is 0 Å². The van der Waals surface area contributed by atoms with Crippen LogP contribution in [0.15, 0.2) is 0 Å². The van der Waals surface area contributed by atoms with Crippen molar-refractivity contribution in [1.82, 2.24) is 48.9 Å². The quantitative estimate of drug-likeness (QED) is 0.154. The molecule has 10 nitrogen and oxygen atoms in total. The monoisotopic (exact) mass is 1140 g/mol. The van der Waals surface area contributed by atoms with E-state index in [-0.39, 0.29) is 37.9 Å². The van der Waals surface area contributed by atoms with Crippen LogP contribution in [0, 0.1) is 0 Å². The van der Waals surface area contributed by atoms with Crippen LogP contribution in [-0.2, 0) is 121 Å². The molecule has 0 radical (unpaired) electrons. The zero-order chi connectivity index (χ0) is 61.6. The average Bonchev–Trinajstić information content (AvgIpc) is 2.51. The Morgan fingerprint density at radius 3 is 0.988 bits per heavy atom. The zero-order valence-electron chi connectivity index (χ0n) is 58.5. The Morgan fingerprint density at radius 1 is 0.277 bits per heavy atom. The van der Waals surface area contributed by atoms with Crippen molar-refractivity contribution in [3.63, 3.8) is 0 Å². The van der Waals surface area contributed by atoms with Crippen molar-refractivity contribution < 1.29 is 0 Å². The number of hydrogen-bond donors (Lipinski definition) is 0. The summed E-state index contributed by atoms with van der Waals surface area (Å²) in [5.74, 6) is 0. The Balaban J connectivity index is 0.000000136. The molecule has 464 valence electrons. The summed E-state index contributed by atoms with van der Waals surface area (Å²) in [4.78, 5) is 0. The van der Waals surface area contributed by atoms with Crippen LogP contribution in [0.2, 0.25) is 0 Å². The van der Waals surface area contributed by atoms with Gasteiger partial charge < -0.3 is 0 Å². The normalized spacial score (nSPS) is 20.8. The number of aryl methyl sites for hydroxylation is 5. The fourth-order valence-electron chi connectivity index (χ4n) is 17.7. The third kappa shape index (κ3) is 12.8. The standard InChI is InChI=1S/C17H28N2.C16H26N2.C14H24N2.2C13H22N2/c1-16(2,3)15-13-9-8-12-17(10-6-5-7-11-17)14(13)18-19(15)4;1-15(2,3)14-12-8-11-16(9-6-5-7-10-16)13(12)17-18(14)4;1-13(2,3)12-10-8-7-9-14(4,5)11(10)15-16(12)6;1-12(2,3)11-9-7-8-13(4,5)10(9)14-15(11)6;1-12(2,3)10-9-7-8-13(4,5)11(9)15(6)14-10/h5-12H2,1-4H3;5-11H2,1-4H3;7-9H2,1-6H3;2*7-8H2,1-6H3. The highest BCUT2D eigenvalue weighted by atomic mass is 15.3. The SMILES string of the molecule is Cn1nc(C(C)(C)C)c2c1C(C)(C)CC2.Cn1nc2c(c1C(C)(C)C)CCC2(C)C.Cn1nc2c(c1C(C)(C)C)CCC21CCCCC1.Cn1nc2c(c1C(C)(C)C)CCCC2(C)C.Cn1nc2c(c1C(C)(C)C)CCCC21CCCCC1. The largest absolute Gasteiger partial charge is 0.272 e. The first-order valence-corrected chi connectivity index (χ1v) is 33.4. The topological polar surface area (TPSA) is 89.1 Å². The lowest BCUT2D eigenvalue weighted by Crippen LogP contribution is -2.33. The van der Waals surface area contributed by atoms with E-state index < -0.39 is 0 Å². The molecule has 2 saturated carbocycles. The number of nitrogens with zero attached hydrogens (tertiary/aromatic N) is 10. The third-order valence-corrected chi connectivity index (χ3v) is 21.0. The molecule has 0 aromatic carbocycles. The molecule has 0 atom stereocenters. The summed E-state index contributed by atoms with van der Waals surface area (Å²) in [6.07, 6.45) is 29.2. The number of hydrogen-bond acceptors (Lipinski definition) is 5. The van der Waals surface area contributed by atoms with E-state index in [0.29, 0.717) is 16.2 Å². The summed E-state index contributed by atoms with van der Waals surface area (Å²) >= 11 is 0. The molecule has 0 unspecified atom stereocenters. The predicted molar refractivity (Wildman–Crippen MR) is 349 cm³/mol. The van der Waals surface area contributed by atoms with Crippen LogP contribution >= 0.6 is 0 Å². The maximum atomic E-state index is 5.01. The Hall–Kier alpha value is -3.95. The van der Waals surface area contributed by atoms with Gasteiger partial charge in [0.1, 0.15) is 0 Å². The van der Waals surface area contributed by atoms with Crippen molar-refractivity contribution in [2.24, 2.45) is 35.2 Å². The number of aromatic nitrogens is 10. The molecule has 5 heterocycles. The van der Waals surface area contributed by atoms with Gasteiger partial charge in [-0.15, -0.1) is 0 Å². The molecule has 5 aromatic rings. The highest BCUT2D eigenvalue weighted by molar-refractivity contribution is 5.44. The summed E-state index contributed by atoms with van der Waals surface area (Å²) in [6, 6.07) is 0. The Kier molecular flexibility index (Phi) is 17.7. The molecule has 0 bridgehead atoms. The second-order valence-electron chi connectivity index (χ2n) is 34.8. The van der Waals surface area contributed by atoms with E-state index in [1.165, 1.54) is 215 Å². The summed E-state index contributed by atoms with van der Waals surface area (Å²) in [5, 5.41) is 24.2. The molecular weight excluding hydrogens is 1020 g/mol. The molecule has 7 aliphatic carbocycles.